The number of hydrogen-bond acceptors (Lipinski definition) is 4. The fraction of sp³-hybridized carbons (Fsp3) is 0.320. The van der Waals surface area contributed by atoms with Crippen LogP contribution < -0.4 is 11.2 Å². The van der Waals surface area contributed by atoms with Crippen molar-refractivity contribution in [3.63, 3.8) is 0 Å². The molecule has 0 aliphatic carbocycles. The van der Waals surface area contributed by atoms with Gasteiger partial charge in [-0.1, -0.05) is 47.5 Å². The van der Waals surface area contributed by atoms with Crippen LogP contribution in [0.1, 0.15) is 36.8 Å². The number of nitrogens with zero attached hydrogens (tertiary/aromatic N) is 2. The minimum Gasteiger partial charge on any atom is -0.378 e. The number of hydrogen-bond donors (Lipinski definition) is 2. The molecule has 1 aliphatic rings. The summed E-state index contributed by atoms with van der Waals surface area (Å²) in [4.78, 5) is 40.3. The van der Waals surface area contributed by atoms with Gasteiger partial charge in [0.1, 0.15) is 5.60 Å². The molecule has 3 aromatic rings. The van der Waals surface area contributed by atoms with Crippen molar-refractivity contribution in [1.29, 1.82) is 0 Å². The molecule has 2 heterocycles. The molecule has 1 saturated heterocycles. The number of carbonyl (C=O) groups excluding carboxylic acids is 1. The van der Waals surface area contributed by atoms with Crippen LogP contribution in [0, 0.1) is 0 Å². The van der Waals surface area contributed by atoms with E-state index < -0.39 is 22.9 Å². The smallest absolute Gasteiger partial charge is 0.328 e. The topological polar surface area (TPSA) is 95.4 Å². The Morgan fingerprint density at radius 3 is 2.29 bits per heavy atom. The van der Waals surface area contributed by atoms with Crippen molar-refractivity contribution in [3.05, 3.63) is 103 Å². The van der Waals surface area contributed by atoms with Gasteiger partial charge in [-0.05, 0) is 54.7 Å². The van der Waals surface area contributed by atoms with Crippen LogP contribution in [0.3, 0.4) is 0 Å². The SMILES string of the molecule is O=C(CCCn1ccc(=O)[nH]c1=O)N1CCC[C@H]1C(O)(c1cccc(Cl)c1)c1cccc(Cl)c1. The van der Waals surface area contributed by atoms with Crippen molar-refractivity contribution in [2.45, 2.75) is 43.9 Å². The molecule has 0 bridgehead atoms. The van der Waals surface area contributed by atoms with Gasteiger partial charge in [0.15, 0.2) is 0 Å². The van der Waals surface area contributed by atoms with E-state index in [1.54, 1.807) is 53.4 Å². The van der Waals surface area contributed by atoms with Crippen molar-refractivity contribution in [1.82, 2.24) is 14.5 Å². The van der Waals surface area contributed by atoms with Gasteiger partial charge >= 0.3 is 5.69 Å². The average molecular weight is 502 g/mol. The van der Waals surface area contributed by atoms with Crippen LogP contribution in [0.15, 0.2) is 70.4 Å². The molecule has 34 heavy (non-hydrogen) atoms. The lowest BCUT2D eigenvalue weighted by atomic mass is 9.79. The fourth-order valence-corrected chi connectivity index (χ4v) is 5.05. The summed E-state index contributed by atoms with van der Waals surface area (Å²) >= 11 is 12.5. The first-order chi connectivity index (χ1) is 16.3. The molecule has 1 atom stereocenters. The summed E-state index contributed by atoms with van der Waals surface area (Å²) in [5.41, 5.74) is -1.29. The standard InChI is InChI=1S/C25H25Cl2N3O4/c26-19-7-1-5-17(15-19)25(34,18-6-2-8-20(27)16-18)21-9-3-13-30(21)23(32)10-4-12-29-14-11-22(31)28-24(29)33/h1-2,5-8,11,14-16,21,34H,3-4,9-10,12-13H2,(H,28,31,33)/t21-/m0/s1. The molecule has 9 heteroatoms. The predicted molar refractivity (Wildman–Crippen MR) is 131 cm³/mol. The first-order valence-electron chi connectivity index (χ1n) is 11.1. The van der Waals surface area contributed by atoms with Crippen LogP contribution in [-0.4, -0.2) is 38.1 Å². The third-order valence-electron chi connectivity index (χ3n) is 6.27. The molecule has 0 unspecified atom stereocenters. The van der Waals surface area contributed by atoms with E-state index in [1.165, 1.54) is 16.8 Å². The van der Waals surface area contributed by atoms with Crippen molar-refractivity contribution in [3.8, 4) is 0 Å². The minimum absolute atomic E-state index is 0.109. The summed E-state index contributed by atoms with van der Waals surface area (Å²) < 4.78 is 1.37. The first-order valence-corrected chi connectivity index (χ1v) is 11.9. The molecule has 1 amide bonds. The van der Waals surface area contributed by atoms with E-state index in [2.05, 4.69) is 4.98 Å². The van der Waals surface area contributed by atoms with E-state index in [4.69, 9.17) is 23.2 Å². The van der Waals surface area contributed by atoms with Gasteiger partial charge < -0.3 is 14.6 Å². The quantitative estimate of drug-likeness (QED) is 0.517. The van der Waals surface area contributed by atoms with Gasteiger partial charge in [0.2, 0.25) is 5.91 Å². The number of nitrogens with one attached hydrogen (secondary N) is 1. The van der Waals surface area contributed by atoms with E-state index in [-0.39, 0.29) is 12.3 Å². The number of benzene rings is 2. The number of aliphatic hydroxyl groups is 1. The van der Waals surface area contributed by atoms with Crippen molar-refractivity contribution in [2.24, 2.45) is 0 Å². The maximum absolute atomic E-state index is 13.2. The zero-order chi connectivity index (χ0) is 24.3. The number of carbonyl (C=O) groups is 1. The number of aromatic amines is 1. The van der Waals surface area contributed by atoms with Crippen molar-refractivity contribution >= 4 is 29.1 Å². The summed E-state index contributed by atoms with van der Waals surface area (Å²) in [7, 11) is 0. The van der Waals surface area contributed by atoms with Crippen LogP contribution in [-0.2, 0) is 16.9 Å². The second kappa shape index (κ2) is 10.2. The number of rotatable bonds is 7. The molecule has 0 spiro atoms. The first kappa shape index (κ1) is 24.3. The summed E-state index contributed by atoms with van der Waals surface area (Å²) in [5.74, 6) is -0.109. The van der Waals surface area contributed by atoms with Crippen molar-refractivity contribution in [2.75, 3.05) is 6.54 Å². The second-order valence-electron chi connectivity index (χ2n) is 8.44. The molecule has 1 aliphatic heterocycles. The average Bonchev–Trinajstić information content (AvgIpc) is 3.30. The Morgan fingerprint density at radius 2 is 1.71 bits per heavy atom. The molecule has 7 nitrogen and oxygen atoms in total. The highest BCUT2D eigenvalue weighted by Gasteiger charge is 2.47. The maximum atomic E-state index is 13.2. The molecule has 1 aromatic heterocycles. The molecular formula is C25H25Cl2N3O4. The summed E-state index contributed by atoms with van der Waals surface area (Å²) in [5, 5.41) is 13.2. The van der Waals surface area contributed by atoms with Crippen LogP contribution in [0.5, 0.6) is 0 Å². The Morgan fingerprint density at radius 1 is 1.06 bits per heavy atom. The van der Waals surface area contributed by atoms with Crippen LogP contribution in [0.2, 0.25) is 10.0 Å². The lowest BCUT2D eigenvalue weighted by Crippen LogP contribution is -2.50. The molecule has 4 rings (SSSR count). The Balaban J connectivity index is 1.59. The number of H-pyrrole nitrogens is 1. The van der Waals surface area contributed by atoms with E-state index in [0.29, 0.717) is 47.1 Å². The number of halogens is 2. The third-order valence-corrected chi connectivity index (χ3v) is 6.74. The van der Waals surface area contributed by atoms with Gasteiger partial charge in [-0.25, -0.2) is 4.79 Å². The maximum Gasteiger partial charge on any atom is 0.328 e. The lowest BCUT2D eigenvalue weighted by molar-refractivity contribution is -0.136. The van der Waals surface area contributed by atoms with Crippen LogP contribution in [0.25, 0.3) is 0 Å². The van der Waals surface area contributed by atoms with Gasteiger partial charge in [-0.15, -0.1) is 0 Å². The number of likely N-dealkylation sites (tertiary alicyclic amines) is 1. The van der Waals surface area contributed by atoms with Gasteiger partial charge in [-0.3, -0.25) is 14.6 Å². The molecular weight excluding hydrogens is 477 g/mol. The normalized spacial score (nSPS) is 16.1. The van der Waals surface area contributed by atoms with E-state index in [1.807, 2.05) is 0 Å². The summed E-state index contributed by atoms with van der Waals surface area (Å²) in [6, 6.07) is 14.8. The van der Waals surface area contributed by atoms with Gasteiger partial charge in [0.25, 0.3) is 5.56 Å². The van der Waals surface area contributed by atoms with Gasteiger partial charge in [0, 0.05) is 41.8 Å². The predicted octanol–water partition coefficient (Wildman–Crippen LogP) is 3.55. The number of aromatic nitrogens is 2. The fourth-order valence-electron chi connectivity index (χ4n) is 4.67. The Bertz CT molecular complexity index is 1260. The summed E-state index contributed by atoms with van der Waals surface area (Å²) in [6.45, 7) is 0.818. The Kier molecular flexibility index (Phi) is 7.26. The molecule has 178 valence electrons. The molecule has 2 N–H and O–H groups in total. The summed E-state index contributed by atoms with van der Waals surface area (Å²) in [6.07, 6.45) is 3.39. The largest absolute Gasteiger partial charge is 0.378 e. The Labute approximate surface area is 206 Å². The minimum atomic E-state index is -1.50. The third kappa shape index (κ3) is 4.97. The van der Waals surface area contributed by atoms with Crippen LogP contribution in [0.4, 0.5) is 0 Å². The van der Waals surface area contributed by atoms with E-state index in [0.717, 1.165) is 6.42 Å². The monoisotopic (exact) mass is 501 g/mol. The number of amides is 1. The van der Waals surface area contributed by atoms with Gasteiger partial charge in [-0.2, -0.15) is 0 Å². The highest BCUT2D eigenvalue weighted by molar-refractivity contribution is 6.31. The molecule has 0 radical (unpaired) electrons. The zero-order valence-electron chi connectivity index (χ0n) is 18.4. The van der Waals surface area contributed by atoms with Crippen LogP contribution >= 0.6 is 23.2 Å². The lowest BCUT2D eigenvalue weighted by Gasteiger charge is -2.40. The molecule has 2 aromatic carbocycles. The highest BCUT2D eigenvalue weighted by atomic mass is 35.5. The van der Waals surface area contributed by atoms with E-state index in [9.17, 15) is 19.5 Å². The molecule has 1 fully saturated rings. The zero-order valence-corrected chi connectivity index (χ0v) is 19.9. The molecule has 0 saturated carbocycles. The Hall–Kier alpha value is -2.87. The number of aryl methyl sites for hydroxylation is 1. The second-order valence-corrected chi connectivity index (χ2v) is 9.31. The van der Waals surface area contributed by atoms with E-state index >= 15 is 0 Å². The van der Waals surface area contributed by atoms with Gasteiger partial charge in [0.05, 0.1) is 6.04 Å². The highest BCUT2D eigenvalue weighted by Crippen LogP contribution is 2.41. The van der Waals surface area contributed by atoms with Crippen molar-refractivity contribution < 1.29 is 9.90 Å².